The fourth-order valence-electron chi connectivity index (χ4n) is 4.23. The van der Waals surface area contributed by atoms with E-state index in [9.17, 15) is 0 Å². The summed E-state index contributed by atoms with van der Waals surface area (Å²) in [6.07, 6.45) is 7.06. The van der Waals surface area contributed by atoms with E-state index >= 15 is 0 Å². The van der Waals surface area contributed by atoms with Gasteiger partial charge in [-0.2, -0.15) is 0 Å². The predicted molar refractivity (Wildman–Crippen MR) is 108 cm³/mol. The Morgan fingerprint density at radius 3 is 2.52 bits per heavy atom. The molecule has 1 aliphatic carbocycles. The minimum Gasteiger partial charge on any atom is -0.357 e. The SMILES string of the molecule is CCNC(=NCC1CN(C)CCN1C)NC(C)C(C)C1CCCCC1. The summed E-state index contributed by atoms with van der Waals surface area (Å²) in [5, 5.41) is 7.13. The molecule has 0 aromatic heterocycles. The van der Waals surface area contributed by atoms with Crippen LogP contribution in [0.2, 0.25) is 0 Å². The highest BCUT2D eigenvalue weighted by atomic mass is 15.3. The number of rotatable bonds is 6. The van der Waals surface area contributed by atoms with Gasteiger partial charge in [0.2, 0.25) is 0 Å². The van der Waals surface area contributed by atoms with Crippen molar-refractivity contribution in [2.45, 2.75) is 65.0 Å². The molecular weight excluding hydrogens is 310 g/mol. The molecule has 25 heavy (non-hydrogen) atoms. The highest BCUT2D eigenvalue weighted by molar-refractivity contribution is 5.80. The molecule has 0 bridgehead atoms. The van der Waals surface area contributed by atoms with Crippen molar-refractivity contribution >= 4 is 5.96 Å². The van der Waals surface area contributed by atoms with Crippen molar-refractivity contribution < 1.29 is 0 Å². The average Bonchev–Trinajstić information content (AvgIpc) is 2.62. The number of likely N-dealkylation sites (N-methyl/N-ethyl adjacent to an activating group) is 2. The van der Waals surface area contributed by atoms with Crippen molar-refractivity contribution in [1.82, 2.24) is 20.4 Å². The van der Waals surface area contributed by atoms with Crippen molar-refractivity contribution in [3.63, 3.8) is 0 Å². The van der Waals surface area contributed by atoms with Gasteiger partial charge in [0, 0.05) is 38.3 Å². The van der Waals surface area contributed by atoms with E-state index in [0.717, 1.165) is 44.6 Å². The molecule has 2 rings (SSSR count). The van der Waals surface area contributed by atoms with Crippen LogP contribution in [0, 0.1) is 11.8 Å². The Balaban J connectivity index is 1.89. The lowest BCUT2D eigenvalue weighted by Crippen LogP contribution is -2.52. The van der Waals surface area contributed by atoms with E-state index in [4.69, 9.17) is 4.99 Å². The topological polar surface area (TPSA) is 42.9 Å². The van der Waals surface area contributed by atoms with Gasteiger partial charge in [-0.15, -0.1) is 0 Å². The molecule has 1 saturated heterocycles. The average molecular weight is 352 g/mol. The molecule has 0 aromatic rings. The number of aliphatic imine (C=N–C) groups is 1. The van der Waals surface area contributed by atoms with Crippen LogP contribution in [0.3, 0.4) is 0 Å². The molecule has 1 heterocycles. The second kappa shape index (κ2) is 10.4. The molecule has 2 fully saturated rings. The molecule has 5 nitrogen and oxygen atoms in total. The second-order valence-electron chi connectivity index (χ2n) is 8.31. The standard InChI is InChI=1S/C20H41N5/c1-6-21-20(22-14-19-15-24(4)12-13-25(19)5)23-17(3)16(2)18-10-8-7-9-11-18/h16-19H,6-15H2,1-5H3,(H2,21,22,23). The van der Waals surface area contributed by atoms with Gasteiger partial charge < -0.3 is 15.5 Å². The Bertz CT molecular complexity index is 405. The summed E-state index contributed by atoms with van der Waals surface area (Å²) >= 11 is 0. The van der Waals surface area contributed by atoms with Crippen LogP contribution in [-0.4, -0.2) is 74.7 Å². The van der Waals surface area contributed by atoms with Crippen molar-refractivity contribution in [2.24, 2.45) is 16.8 Å². The van der Waals surface area contributed by atoms with Gasteiger partial charge in [0.25, 0.3) is 0 Å². The summed E-state index contributed by atoms with van der Waals surface area (Å²) in [7, 11) is 4.43. The van der Waals surface area contributed by atoms with E-state index in [1.165, 1.54) is 32.1 Å². The number of hydrogen-bond acceptors (Lipinski definition) is 3. The van der Waals surface area contributed by atoms with Gasteiger partial charge in [-0.1, -0.05) is 39.0 Å². The molecular formula is C20H41N5. The summed E-state index contributed by atoms with van der Waals surface area (Å²) in [5.74, 6) is 2.56. The van der Waals surface area contributed by atoms with Gasteiger partial charge in [-0.05, 0) is 39.8 Å². The number of hydrogen-bond donors (Lipinski definition) is 2. The normalized spacial score (nSPS) is 27.1. The third-order valence-corrected chi connectivity index (χ3v) is 6.33. The van der Waals surface area contributed by atoms with Crippen LogP contribution < -0.4 is 10.6 Å². The smallest absolute Gasteiger partial charge is 0.191 e. The monoisotopic (exact) mass is 351 g/mol. The minimum absolute atomic E-state index is 0.465. The molecule has 5 heteroatoms. The molecule has 2 aliphatic rings. The van der Waals surface area contributed by atoms with Crippen molar-refractivity contribution in [3.8, 4) is 0 Å². The molecule has 1 aliphatic heterocycles. The highest BCUT2D eigenvalue weighted by Gasteiger charge is 2.25. The number of nitrogens with zero attached hydrogens (tertiary/aromatic N) is 3. The van der Waals surface area contributed by atoms with Crippen molar-refractivity contribution in [1.29, 1.82) is 0 Å². The van der Waals surface area contributed by atoms with Crippen molar-refractivity contribution in [2.75, 3.05) is 46.8 Å². The van der Waals surface area contributed by atoms with E-state index < -0.39 is 0 Å². The fraction of sp³-hybridized carbons (Fsp3) is 0.950. The summed E-state index contributed by atoms with van der Waals surface area (Å²) in [6, 6.07) is 0.980. The maximum Gasteiger partial charge on any atom is 0.191 e. The zero-order valence-corrected chi connectivity index (χ0v) is 17.2. The van der Waals surface area contributed by atoms with E-state index in [2.05, 4.69) is 55.3 Å². The quantitative estimate of drug-likeness (QED) is 0.570. The minimum atomic E-state index is 0.465. The highest BCUT2D eigenvalue weighted by Crippen LogP contribution is 2.31. The summed E-state index contributed by atoms with van der Waals surface area (Å²) in [6.45, 7) is 12.1. The number of nitrogens with one attached hydrogen (secondary N) is 2. The third-order valence-electron chi connectivity index (χ3n) is 6.33. The van der Waals surface area contributed by atoms with E-state index in [0.29, 0.717) is 18.0 Å². The van der Waals surface area contributed by atoms with Gasteiger partial charge in [-0.25, -0.2) is 0 Å². The summed E-state index contributed by atoms with van der Waals surface area (Å²) in [5.41, 5.74) is 0. The molecule has 146 valence electrons. The Labute approximate surface area is 155 Å². The Morgan fingerprint density at radius 1 is 1.12 bits per heavy atom. The number of piperazine rings is 1. The zero-order chi connectivity index (χ0) is 18.2. The maximum atomic E-state index is 4.92. The Kier molecular flexibility index (Phi) is 8.50. The van der Waals surface area contributed by atoms with Crippen LogP contribution in [0.1, 0.15) is 52.9 Å². The van der Waals surface area contributed by atoms with Gasteiger partial charge in [0.1, 0.15) is 0 Å². The molecule has 0 radical (unpaired) electrons. The Hall–Kier alpha value is -0.810. The maximum absolute atomic E-state index is 4.92. The molecule has 0 amide bonds. The van der Waals surface area contributed by atoms with Crippen LogP contribution in [0.25, 0.3) is 0 Å². The predicted octanol–water partition coefficient (Wildman–Crippen LogP) is 2.39. The summed E-state index contributed by atoms with van der Waals surface area (Å²) in [4.78, 5) is 9.77. The molecule has 3 atom stereocenters. The van der Waals surface area contributed by atoms with Crippen LogP contribution in [0.15, 0.2) is 4.99 Å². The first kappa shape index (κ1) is 20.5. The first-order chi connectivity index (χ1) is 12.0. The lowest BCUT2D eigenvalue weighted by Gasteiger charge is -2.37. The molecule has 0 spiro atoms. The van der Waals surface area contributed by atoms with E-state index in [1.807, 2.05) is 0 Å². The summed E-state index contributed by atoms with van der Waals surface area (Å²) < 4.78 is 0. The zero-order valence-electron chi connectivity index (χ0n) is 17.2. The van der Waals surface area contributed by atoms with Gasteiger partial charge in [0.15, 0.2) is 5.96 Å². The second-order valence-corrected chi connectivity index (χ2v) is 8.31. The largest absolute Gasteiger partial charge is 0.357 e. The molecule has 3 unspecified atom stereocenters. The molecule has 0 aromatic carbocycles. The van der Waals surface area contributed by atoms with Gasteiger partial charge in [0.05, 0.1) is 6.54 Å². The fourth-order valence-corrected chi connectivity index (χ4v) is 4.23. The van der Waals surface area contributed by atoms with Crippen LogP contribution >= 0.6 is 0 Å². The van der Waals surface area contributed by atoms with Crippen LogP contribution in [-0.2, 0) is 0 Å². The van der Waals surface area contributed by atoms with Crippen LogP contribution in [0.5, 0.6) is 0 Å². The third kappa shape index (κ3) is 6.45. The molecule has 1 saturated carbocycles. The van der Waals surface area contributed by atoms with E-state index in [1.54, 1.807) is 0 Å². The van der Waals surface area contributed by atoms with Crippen LogP contribution in [0.4, 0.5) is 0 Å². The van der Waals surface area contributed by atoms with E-state index in [-0.39, 0.29) is 0 Å². The van der Waals surface area contributed by atoms with Gasteiger partial charge in [-0.3, -0.25) is 9.89 Å². The Morgan fingerprint density at radius 2 is 1.84 bits per heavy atom. The lowest BCUT2D eigenvalue weighted by atomic mass is 9.78. The molecule has 2 N–H and O–H groups in total. The first-order valence-corrected chi connectivity index (χ1v) is 10.4. The van der Waals surface area contributed by atoms with Crippen molar-refractivity contribution in [3.05, 3.63) is 0 Å². The van der Waals surface area contributed by atoms with Gasteiger partial charge >= 0.3 is 0 Å². The number of guanidine groups is 1. The first-order valence-electron chi connectivity index (χ1n) is 10.4. The lowest BCUT2D eigenvalue weighted by molar-refractivity contribution is 0.119.